The normalized spacial score (nSPS) is 15.0. The second-order valence-corrected chi connectivity index (χ2v) is 6.44. The molecule has 0 radical (unpaired) electrons. The van der Waals surface area contributed by atoms with Crippen molar-refractivity contribution < 1.29 is 9.59 Å². The molecular formula is C18H27N3O2. The van der Waals surface area contributed by atoms with Gasteiger partial charge in [0.15, 0.2) is 0 Å². The quantitative estimate of drug-likeness (QED) is 0.821. The Morgan fingerprint density at radius 1 is 1.04 bits per heavy atom. The van der Waals surface area contributed by atoms with Crippen molar-refractivity contribution in [3.8, 4) is 0 Å². The second kappa shape index (κ2) is 8.56. The third-order valence-electron chi connectivity index (χ3n) is 4.41. The predicted octanol–water partition coefficient (Wildman–Crippen LogP) is 2.78. The maximum Gasteiger partial charge on any atom is 0.313 e. The Morgan fingerprint density at radius 2 is 1.70 bits per heavy atom. The van der Waals surface area contributed by atoms with Gasteiger partial charge in [0, 0.05) is 32.0 Å². The van der Waals surface area contributed by atoms with Gasteiger partial charge in [-0.3, -0.25) is 9.59 Å². The standard InChI is InChI=1S/C18H27N3O2/c1-21(2)16-10-8-15(9-11-16)20-18(23)17(22)19-13-12-14-6-4-3-5-7-14/h8-11,14H,3-7,12-13H2,1-2H3,(H,19,22)(H,20,23). The molecule has 2 rings (SSSR count). The maximum absolute atomic E-state index is 11.9. The van der Waals surface area contributed by atoms with E-state index in [4.69, 9.17) is 0 Å². The Hall–Kier alpha value is -2.04. The monoisotopic (exact) mass is 317 g/mol. The Bertz CT molecular complexity index is 520. The number of hydrogen-bond donors (Lipinski definition) is 2. The van der Waals surface area contributed by atoms with Gasteiger partial charge in [0.2, 0.25) is 0 Å². The van der Waals surface area contributed by atoms with Gasteiger partial charge in [0.05, 0.1) is 0 Å². The van der Waals surface area contributed by atoms with Crippen LogP contribution in [0.1, 0.15) is 38.5 Å². The van der Waals surface area contributed by atoms with E-state index in [-0.39, 0.29) is 0 Å². The molecule has 2 N–H and O–H groups in total. The third kappa shape index (κ3) is 5.58. The lowest BCUT2D eigenvalue weighted by Crippen LogP contribution is -2.36. The molecule has 126 valence electrons. The number of carbonyl (C=O) groups excluding carboxylic acids is 2. The zero-order chi connectivity index (χ0) is 16.7. The first kappa shape index (κ1) is 17.3. The van der Waals surface area contributed by atoms with E-state index in [0.717, 1.165) is 12.1 Å². The summed E-state index contributed by atoms with van der Waals surface area (Å²) in [5, 5.41) is 5.35. The number of nitrogens with one attached hydrogen (secondary N) is 2. The molecule has 5 nitrogen and oxygen atoms in total. The summed E-state index contributed by atoms with van der Waals surface area (Å²) in [6.45, 7) is 0.580. The van der Waals surface area contributed by atoms with Crippen LogP contribution in [0.2, 0.25) is 0 Å². The van der Waals surface area contributed by atoms with E-state index in [1.165, 1.54) is 32.1 Å². The van der Waals surface area contributed by atoms with Gasteiger partial charge in [-0.2, -0.15) is 0 Å². The SMILES string of the molecule is CN(C)c1ccc(NC(=O)C(=O)NCCC2CCCCC2)cc1. The number of rotatable bonds is 5. The van der Waals surface area contributed by atoms with Crippen molar-refractivity contribution in [3.05, 3.63) is 24.3 Å². The van der Waals surface area contributed by atoms with E-state index in [9.17, 15) is 9.59 Å². The second-order valence-electron chi connectivity index (χ2n) is 6.44. The molecule has 23 heavy (non-hydrogen) atoms. The van der Waals surface area contributed by atoms with E-state index >= 15 is 0 Å². The van der Waals surface area contributed by atoms with Gasteiger partial charge in [0.25, 0.3) is 0 Å². The van der Waals surface area contributed by atoms with Crippen LogP contribution in [0.5, 0.6) is 0 Å². The fourth-order valence-electron chi connectivity index (χ4n) is 2.98. The zero-order valence-electron chi connectivity index (χ0n) is 14.1. The van der Waals surface area contributed by atoms with Crippen molar-refractivity contribution in [2.45, 2.75) is 38.5 Å². The lowest BCUT2D eigenvalue weighted by Gasteiger charge is -2.21. The average Bonchev–Trinajstić information content (AvgIpc) is 2.56. The van der Waals surface area contributed by atoms with Gasteiger partial charge in [-0.05, 0) is 36.6 Å². The summed E-state index contributed by atoms with van der Waals surface area (Å²) in [4.78, 5) is 25.7. The summed E-state index contributed by atoms with van der Waals surface area (Å²) in [6, 6.07) is 7.39. The molecule has 1 fully saturated rings. The molecule has 0 heterocycles. The van der Waals surface area contributed by atoms with Crippen molar-refractivity contribution in [2.24, 2.45) is 5.92 Å². The molecule has 0 aromatic heterocycles. The maximum atomic E-state index is 11.9. The minimum absolute atomic E-state index is 0.558. The molecule has 1 aliphatic carbocycles. The van der Waals surface area contributed by atoms with Crippen LogP contribution >= 0.6 is 0 Å². The largest absolute Gasteiger partial charge is 0.378 e. The Kier molecular flexibility index (Phi) is 6.44. The molecule has 1 aliphatic rings. The lowest BCUT2D eigenvalue weighted by atomic mass is 9.87. The Labute approximate surface area is 138 Å². The fraction of sp³-hybridized carbons (Fsp3) is 0.556. The summed E-state index contributed by atoms with van der Waals surface area (Å²) < 4.78 is 0. The summed E-state index contributed by atoms with van der Waals surface area (Å²) >= 11 is 0. The van der Waals surface area contributed by atoms with Gasteiger partial charge >= 0.3 is 11.8 Å². The summed E-state index contributed by atoms with van der Waals surface area (Å²) in [5.74, 6) is -0.463. The van der Waals surface area contributed by atoms with Crippen molar-refractivity contribution in [2.75, 3.05) is 30.9 Å². The molecule has 0 spiro atoms. The first-order chi connectivity index (χ1) is 11.1. The number of amides is 2. The van der Waals surface area contributed by atoms with Crippen LogP contribution in [-0.2, 0) is 9.59 Å². The molecule has 0 saturated heterocycles. The van der Waals surface area contributed by atoms with Gasteiger partial charge in [0.1, 0.15) is 0 Å². The highest BCUT2D eigenvalue weighted by atomic mass is 16.2. The molecule has 5 heteroatoms. The molecule has 0 unspecified atom stereocenters. The highest BCUT2D eigenvalue weighted by Crippen LogP contribution is 2.25. The van der Waals surface area contributed by atoms with Crippen LogP contribution in [0, 0.1) is 5.92 Å². The topological polar surface area (TPSA) is 61.4 Å². The number of anilines is 2. The predicted molar refractivity (Wildman–Crippen MR) is 93.6 cm³/mol. The van der Waals surface area contributed by atoms with Gasteiger partial charge in [-0.25, -0.2) is 0 Å². The van der Waals surface area contributed by atoms with Crippen molar-refractivity contribution >= 4 is 23.2 Å². The number of hydrogen-bond acceptors (Lipinski definition) is 3. The highest BCUT2D eigenvalue weighted by Gasteiger charge is 2.16. The number of benzene rings is 1. The van der Waals surface area contributed by atoms with E-state index in [1.807, 2.05) is 31.1 Å². The molecule has 0 aliphatic heterocycles. The van der Waals surface area contributed by atoms with Crippen molar-refractivity contribution in [1.29, 1.82) is 0 Å². The first-order valence-corrected chi connectivity index (χ1v) is 8.43. The molecule has 1 saturated carbocycles. The molecule has 1 aromatic carbocycles. The van der Waals surface area contributed by atoms with E-state index in [2.05, 4.69) is 10.6 Å². The number of nitrogens with zero attached hydrogens (tertiary/aromatic N) is 1. The smallest absolute Gasteiger partial charge is 0.313 e. The van der Waals surface area contributed by atoms with Crippen LogP contribution in [-0.4, -0.2) is 32.5 Å². The molecular weight excluding hydrogens is 290 g/mol. The third-order valence-corrected chi connectivity index (χ3v) is 4.41. The highest BCUT2D eigenvalue weighted by molar-refractivity contribution is 6.39. The molecule has 2 amide bonds. The summed E-state index contributed by atoms with van der Waals surface area (Å²) in [7, 11) is 3.90. The molecule has 0 atom stereocenters. The van der Waals surface area contributed by atoms with Crippen molar-refractivity contribution in [1.82, 2.24) is 5.32 Å². The minimum atomic E-state index is -0.605. The molecule has 1 aromatic rings. The van der Waals surface area contributed by atoms with Crippen LogP contribution in [0.4, 0.5) is 11.4 Å². The van der Waals surface area contributed by atoms with E-state index in [1.54, 1.807) is 12.1 Å². The van der Waals surface area contributed by atoms with Gasteiger partial charge in [-0.1, -0.05) is 32.1 Å². The average molecular weight is 317 g/mol. The van der Waals surface area contributed by atoms with Crippen LogP contribution in [0.15, 0.2) is 24.3 Å². The summed E-state index contributed by atoms with van der Waals surface area (Å²) in [5.41, 5.74) is 1.67. The Balaban J connectivity index is 1.72. The Morgan fingerprint density at radius 3 is 2.30 bits per heavy atom. The zero-order valence-corrected chi connectivity index (χ0v) is 14.1. The molecule has 0 bridgehead atoms. The van der Waals surface area contributed by atoms with E-state index < -0.39 is 11.8 Å². The van der Waals surface area contributed by atoms with Crippen LogP contribution in [0.3, 0.4) is 0 Å². The lowest BCUT2D eigenvalue weighted by molar-refractivity contribution is -0.136. The van der Waals surface area contributed by atoms with Crippen LogP contribution in [0.25, 0.3) is 0 Å². The van der Waals surface area contributed by atoms with Crippen LogP contribution < -0.4 is 15.5 Å². The number of carbonyl (C=O) groups is 2. The van der Waals surface area contributed by atoms with Crippen molar-refractivity contribution in [3.63, 3.8) is 0 Å². The first-order valence-electron chi connectivity index (χ1n) is 8.43. The van der Waals surface area contributed by atoms with E-state index in [0.29, 0.717) is 18.2 Å². The minimum Gasteiger partial charge on any atom is -0.378 e. The van der Waals surface area contributed by atoms with Gasteiger partial charge in [-0.15, -0.1) is 0 Å². The fourth-order valence-corrected chi connectivity index (χ4v) is 2.98. The van der Waals surface area contributed by atoms with Gasteiger partial charge < -0.3 is 15.5 Å². The summed E-state index contributed by atoms with van der Waals surface area (Å²) in [6.07, 6.45) is 7.39.